The van der Waals surface area contributed by atoms with Gasteiger partial charge in [-0.25, -0.2) is 9.37 Å². The summed E-state index contributed by atoms with van der Waals surface area (Å²) in [6.07, 6.45) is 0.904. The van der Waals surface area contributed by atoms with Crippen molar-refractivity contribution in [2.45, 2.75) is 26.3 Å². The molecule has 0 amide bonds. The van der Waals surface area contributed by atoms with E-state index in [0.717, 1.165) is 17.7 Å². The van der Waals surface area contributed by atoms with Crippen LogP contribution in [0.1, 0.15) is 25.3 Å². The van der Waals surface area contributed by atoms with Crippen molar-refractivity contribution < 1.29 is 9.50 Å². The molecule has 0 fully saturated rings. The number of halogens is 1. The molecule has 0 saturated carbocycles. The Kier molecular flexibility index (Phi) is 4.17. The number of amidine groups is 1. The maximum Gasteiger partial charge on any atom is 0.135 e. The van der Waals surface area contributed by atoms with E-state index < -0.39 is 0 Å². The van der Waals surface area contributed by atoms with Gasteiger partial charge in [0.15, 0.2) is 0 Å². The van der Waals surface area contributed by atoms with Crippen LogP contribution in [-0.2, 0) is 0 Å². The lowest BCUT2D eigenvalue weighted by Gasteiger charge is -2.25. The summed E-state index contributed by atoms with van der Waals surface area (Å²) in [7, 11) is 0. The summed E-state index contributed by atoms with van der Waals surface area (Å²) in [5.74, 6) is 0.221. The molecule has 1 aliphatic rings. The Morgan fingerprint density at radius 1 is 1.39 bits per heavy atom. The number of benzene rings is 1. The Balaban J connectivity index is 1.90. The van der Waals surface area contributed by atoms with Gasteiger partial charge in [0.2, 0.25) is 0 Å². The molecule has 6 heteroatoms. The lowest BCUT2D eigenvalue weighted by atomic mass is 10.2. The molecular weight excluding hydrogens is 313 g/mol. The molecule has 1 aliphatic heterocycles. The van der Waals surface area contributed by atoms with Gasteiger partial charge >= 0.3 is 0 Å². The summed E-state index contributed by atoms with van der Waals surface area (Å²) in [6, 6.07) is 6.33. The first-order valence-electron chi connectivity index (χ1n) is 7.50. The van der Waals surface area contributed by atoms with Crippen molar-refractivity contribution in [3.8, 4) is 11.3 Å². The zero-order valence-corrected chi connectivity index (χ0v) is 13.8. The van der Waals surface area contributed by atoms with Crippen molar-refractivity contribution in [2.75, 3.05) is 6.54 Å². The number of nitrogens with one attached hydrogen (secondary N) is 1. The molecule has 2 N–H and O–H groups in total. The maximum absolute atomic E-state index is 13.0. The van der Waals surface area contributed by atoms with Gasteiger partial charge in [0, 0.05) is 17.0 Å². The Hall–Kier alpha value is -2.21. The number of hydrogen-bond donors (Lipinski definition) is 2. The predicted octanol–water partition coefficient (Wildman–Crippen LogP) is 4.31. The highest BCUT2D eigenvalue weighted by Gasteiger charge is 2.32. The molecule has 1 aromatic carbocycles. The third-order valence-electron chi connectivity index (χ3n) is 4.11. The number of rotatable bonds is 4. The van der Waals surface area contributed by atoms with Crippen LogP contribution in [0.25, 0.3) is 16.8 Å². The van der Waals surface area contributed by atoms with E-state index in [9.17, 15) is 9.50 Å². The monoisotopic (exact) mass is 331 g/mol. The Morgan fingerprint density at radius 3 is 2.74 bits per heavy atom. The molecule has 0 radical (unpaired) electrons. The summed E-state index contributed by atoms with van der Waals surface area (Å²) in [5, 5.41) is 21.1. The molecule has 0 spiro atoms. The second-order valence-corrected chi connectivity index (χ2v) is 6.46. The van der Waals surface area contributed by atoms with E-state index in [1.54, 1.807) is 12.1 Å². The minimum Gasteiger partial charge on any atom is -0.510 e. The third-order valence-corrected chi connectivity index (χ3v) is 4.97. The van der Waals surface area contributed by atoms with Crippen molar-refractivity contribution in [1.29, 1.82) is 5.41 Å². The number of thiazole rings is 1. The summed E-state index contributed by atoms with van der Waals surface area (Å²) in [4.78, 5) is 6.40. The van der Waals surface area contributed by atoms with Gasteiger partial charge < -0.3 is 10.0 Å². The van der Waals surface area contributed by atoms with Crippen molar-refractivity contribution in [3.05, 3.63) is 46.2 Å². The van der Waals surface area contributed by atoms with E-state index in [4.69, 9.17) is 5.41 Å². The predicted molar refractivity (Wildman–Crippen MR) is 91.2 cm³/mol. The molecule has 0 saturated heterocycles. The van der Waals surface area contributed by atoms with Gasteiger partial charge in [-0.15, -0.1) is 11.3 Å². The van der Waals surface area contributed by atoms with Gasteiger partial charge in [-0.05, 0) is 37.6 Å². The fourth-order valence-electron chi connectivity index (χ4n) is 2.56. The molecule has 0 bridgehead atoms. The number of aliphatic hydroxyl groups excluding tert-OH is 1. The average molecular weight is 331 g/mol. The molecule has 2 aromatic rings. The summed E-state index contributed by atoms with van der Waals surface area (Å²) >= 11 is 1.38. The first-order valence-corrected chi connectivity index (χ1v) is 8.38. The summed E-state index contributed by atoms with van der Waals surface area (Å²) in [5.41, 5.74) is 2.04. The maximum atomic E-state index is 13.0. The standard InChI is InChI=1S/C17H18FN3OS/c1-3-10(2)21-8-14(22)15(16(21)19)17-20-13(9-23-17)11-4-6-12(18)7-5-11/h4-7,9-10,19,22H,3,8H2,1-2H3. The SMILES string of the molecule is CCC(C)N1CC(O)=C(c2nc(-c3ccc(F)cc3)cs2)C1=N. The molecule has 23 heavy (non-hydrogen) atoms. The second kappa shape index (κ2) is 6.12. The summed E-state index contributed by atoms with van der Waals surface area (Å²) < 4.78 is 13.0. The minimum atomic E-state index is -0.286. The molecule has 1 atom stereocenters. The zero-order valence-electron chi connectivity index (χ0n) is 13.0. The van der Waals surface area contributed by atoms with Crippen LogP contribution in [0.15, 0.2) is 35.4 Å². The third kappa shape index (κ3) is 2.86. The first-order chi connectivity index (χ1) is 11.0. The van der Waals surface area contributed by atoms with Crippen LogP contribution in [-0.4, -0.2) is 33.4 Å². The van der Waals surface area contributed by atoms with Gasteiger partial charge in [-0.2, -0.15) is 0 Å². The van der Waals surface area contributed by atoms with Crippen LogP contribution in [0.4, 0.5) is 4.39 Å². The molecule has 1 unspecified atom stereocenters. The Labute approximate surface area is 138 Å². The van der Waals surface area contributed by atoms with Crippen LogP contribution in [0.2, 0.25) is 0 Å². The highest BCUT2D eigenvalue weighted by Crippen LogP contribution is 2.33. The van der Waals surface area contributed by atoms with Crippen molar-refractivity contribution >= 4 is 22.7 Å². The van der Waals surface area contributed by atoms with Gasteiger partial charge in [-0.1, -0.05) is 6.92 Å². The van der Waals surface area contributed by atoms with E-state index in [-0.39, 0.29) is 17.6 Å². The van der Waals surface area contributed by atoms with Gasteiger partial charge in [-0.3, -0.25) is 5.41 Å². The topological polar surface area (TPSA) is 60.2 Å². The lowest BCUT2D eigenvalue weighted by Crippen LogP contribution is -2.34. The lowest BCUT2D eigenvalue weighted by molar-refractivity contribution is 0.301. The number of aliphatic hydroxyl groups is 1. The normalized spacial score (nSPS) is 16.3. The second-order valence-electron chi connectivity index (χ2n) is 5.60. The molecule has 0 aliphatic carbocycles. The minimum absolute atomic E-state index is 0.190. The smallest absolute Gasteiger partial charge is 0.135 e. The van der Waals surface area contributed by atoms with Crippen LogP contribution in [0.3, 0.4) is 0 Å². The van der Waals surface area contributed by atoms with Crippen molar-refractivity contribution in [2.24, 2.45) is 0 Å². The Morgan fingerprint density at radius 2 is 2.09 bits per heavy atom. The number of nitrogens with zero attached hydrogens (tertiary/aromatic N) is 2. The van der Waals surface area contributed by atoms with Crippen LogP contribution in [0.5, 0.6) is 0 Å². The molecule has 1 aromatic heterocycles. The van der Waals surface area contributed by atoms with Gasteiger partial charge in [0.05, 0.1) is 17.8 Å². The van der Waals surface area contributed by atoms with E-state index >= 15 is 0 Å². The van der Waals surface area contributed by atoms with E-state index in [1.807, 2.05) is 17.2 Å². The molecule has 2 heterocycles. The first kappa shape index (κ1) is 15.7. The van der Waals surface area contributed by atoms with E-state index in [0.29, 0.717) is 23.0 Å². The highest BCUT2D eigenvalue weighted by molar-refractivity contribution is 7.11. The fourth-order valence-corrected chi connectivity index (χ4v) is 3.46. The largest absolute Gasteiger partial charge is 0.510 e. The van der Waals surface area contributed by atoms with Crippen molar-refractivity contribution in [3.63, 3.8) is 0 Å². The van der Waals surface area contributed by atoms with Crippen LogP contribution >= 0.6 is 11.3 Å². The zero-order chi connectivity index (χ0) is 16.6. The molecule has 3 rings (SSSR count). The highest BCUT2D eigenvalue weighted by atomic mass is 32.1. The molecule has 4 nitrogen and oxygen atoms in total. The van der Waals surface area contributed by atoms with Crippen LogP contribution < -0.4 is 0 Å². The Bertz CT molecular complexity index is 766. The molecule has 120 valence electrons. The average Bonchev–Trinajstić information content (AvgIpc) is 3.12. The van der Waals surface area contributed by atoms with Gasteiger partial charge in [0.1, 0.15) is 22.4 Å². The van der Waals surface area contributed by atoms with Crippen molar-refractivity contribution in [1.82, 2.24) is 9.88 Å². The summed E-state index contributed by atoms with van der Waals surface area (Å²) in [6.45, 7) is 4.45. The number of aromatic nitrogens is 1. The number of hydrogen-bond acceptors (Lipinski definition) is 4. The quantitative estimate of drug-likeness (QED) is 0.877. The molecular formula is C17H18FN3OS. The van der Waals surface area contributed by atoms with E-state index in [2.05, 4.69) is 11.9 Å². The van der Waals surface area contributed by atoms with E-state index in [1.165, 1.54) is 23.5 Å². The van der Waals surface area contributed by atoms with Crippen LogP contribution in [0, 0.1) is 11.2 Å². The van der Waals surface area contributed by atoms with Gasteiger partial charge in [0.25, 0.3) is 0 Å². The fraction of sp³-hybridized carbons (Fsp3) is 0.294.